The average Bonchev–Trinajstić information content (AvgIpc) is 2.37. The van der Waals surface area contributed by atoms with E-state index in [4.69, 9.17) is 5.73 Å². The molecule has 0 aliphatic heterocycles. The summed E-state index contributed by atoms with van der Waals surface area (Å²) in [6.07, 6.45) is 0. The molecule has 0 amide bonds. The first-order valence-corrected chi connectivity index (χ1v) is 5.35. The van der Waals surface area contributed by atoms with Crippen molar-refractivity contribution in [3.8, 4) is 0 Å². The summed E-state index contributed by atoms with van der Waals surface area (Å²) < 4.78 is 0. The normalized spacial score (nSPS) is 10.0. The van der Waals surface area contributed by atoms with Crippen LogP contribution in [-0.2, 0) is 6.54 Å². The van der Waals surface area contributed by atoms with E-state index in [1.807, 2.05) is 6.07 Å². The highest BCUT2D eigenvalue weighted by molar-refractivity contribution is 5.43. The summed E-state index contributed by atoms with van der Waals surface area (Å²) in [5.41, 5.74) is 6.57. The van der Waals surface area contributed by atoms with Gasteiger partial charge in [0.2, 0.25) is 0 Å². The van der Waals surface area contributed by atoms with E-state index < -0.39 is 4.92 Å². The van der Waals surface area contributed by atoms with Crippen molar-refractivity contribution >= 4 is 17.3 Å². The Balaban J connectivity index is 2.00. The van der Waals surface area contributed by atoms with Crippen molar-refractivity contribution in [3.05, 3.63) is 58.1 Å². The Morgan fingerprint density at radius 2 is 1.94 bits per heavy atom. The summed E-state index contributed by atoms with van der Waals surface area (Å²) in [5.74, 6) is 1.12. The van der Waals surface area contributed by atoms with Crippen LogP contribution in [0.2, 0.25) is 0 Å². The smallest absolute Gasteiger partial charge is 0.269 e. The van der Waals surface area contributed by atoms with Gasteiger partial charge in [0.1, 0.15) is 11.6 Å². The summed E-state index contributed by atoms with van der Waals surface area (Å²) in [6.45, 7) is 0.536. The largest absolute Gasteiger partial charge is 0.384 e. The Bertz CT molecular complexity index is 554. The number of anilines is 2. The van der Waals surface area contributed by atoms with Crippen LogP contribution in [0.1, 0.15) is 5.56 Å². The first-order chi connectivity index (χ1) is 8.65. The third-order valence-corrected chi connectivity index (χ3v) is 2.39. The van der Waals surface area contributed by atoms with Gasteiger partial charge in [0.05, 0.1) is 4.92 Å². The molecule has 2 rings (SSSR count). The van der Waals surface area contributed by atoms with Gasteiger partial charge in [-0.3, -0.25) is 10.1 Å². The highest BCUT2D eigenvalue weighted by Gasteiger charge is 2.03. The van der Waals surface area contributed by atoms with E-state index in [-0.39, 0.29) is 5.69 Å². The van der Waals surface area contributed by atoms with Gasteiger partial charge in [-0.1, -0.05) is 18.2 Å². The van der Waals surface area contributed by atoms with E-state index in [0.717, 1.165) is 5.56 Å². The molecule has 92 valence electrons. The van der Waals surface area contributed by atoms with Gasteiger partial charge in [0.15, 0.2) is 0 Å². The quantitative estimate of drug-likeness (QED) is 0.635. The van der Waals surface area contributed by atoms with Crippen molar-refractivity contribution in [3.63, 3.8) is 0 Å². The number of nitrogens with zero attached hydrogens (tertiary/aromatic N) is 2. The van der Waals surface area contributed by atoms with Crippen molar-refractivity contribution < 1.29 is 4.92 Å². The Morgan fingerprint density at radius 1 is 1.22 bits per heavy atom. The molecule has 1 heterocycles. The maximum absolute atomic E-state index is 10.5. The van der Waals surface area contributed by atoms with Crippen LogP contribution in [0.5, 0.6) is 0 Å². The van der Waals surface area contributed by atoms with Crippen molar-refractivity contribution in [2.45, 2.75) is 6.54 Å². The second-order valence-corrected chi connectivity index (χ2v) is 3.72. The number of nitrogens with two attached hydrogens (primary N) is 1. The minimum Gasteiger partial charge on any atom is -0.384 e. The molecule has 0 spiro atoms. The zero-order valence-corrected chi connectivity index (χ0v) is 9.54. The number of non-ortho nitro benzene ring substituents is 1. The lowest BCUT2D eigenvalue weighted by Gasteiger charge is -2.05. The number of rotatable bonds is 4. The monoisotopic (exact) mass is 244 g/mol. The van der Waals surface area contributed by atoms with Crippen LogP contribution in [0.4, 0.5) is 17.3 Å². The third kappa shape index (κ3) is 2.94. The van der Waals surface area contributed by atoms with Gasteiger partial charge >= 0.3 is 0 Å². The van der Waals surface area contributed by atoms with E-state index in [1.54, 1.807) is 24.3 Å². The lowest BCUT2D eigenvalue weighted by Crippen LogP contribution is -2.02. The van der Waals surface area contributed by atoms with Gasteiger partial charge in [-0.15, -0.1) is 0 Å². The van der Waals surface area contributed by atoms with E-state index in [1.165, 1.54) is 12.1 Å². The van der Waals surface area contributed by atoms with E-state index >= 15 is 0 Å². The van der Waals surface area contributed by atoms with Gasteiger partial charge in [0.25, 0.3) is 5.69 Å². The standard InChI is InChI=1S/C12H12N4O2/c13-11-2-1-3-12(15-11)14-8-9-4-6-10(7-5-9)16(17)18/h1-7H,8H2,(H3,13,14,15). The predicted molar refractivity (Wildman–Crippen MR) is 69.1 cm³/mol. The summed E-state index contributed by atoms with van der Waals surface area (Å²) >= 11 is 0. The molecule has 0 aliphatic carbocycles. The molecule has 3 N–H and O–H groups in total. The SMILES string of the molecule is Nc1cccc(NCc2ccc([N+](=O)[O-])cc2)n1. The van der Waals surface area contributed by atoms with Crippen LogP contribution in [0.25, 0.3) is 0 Å². The molecular weight excluding hydrogens is 232 g/mol. The number of nitro benzene ring substituents is 1. The first kappa shape index (κ1) is 11.8. The fourth-order valence-electron chi connectivity index (χ4n) is 1.48. The molecule has 1 aromatic heterocycles. The zero-order valence-electron chi connectivity index (χ0n) is 9.54. The van der Waals surface area contributed by atoms with Crippen LogP contribution in [0.15, 0.2) is 42.5 Å². The lowest BCUT2D eigenvalue weighted by molar-refractivity contribution is -0.384. The molecule has 0 saturated carbocycles. The van der Waals surface area contributed by atoms with Crippen LogP contribution >= 0.6 is 0 Å². The fourth-order valence-corrected chi connectivity index (χ4v) is 1.48. The molecule has 6 nitrogen and oxygen atoms in total. The van der Waals surface area contributed by atoms with Gasteiger partial charge in [-0.2, -0.15) is 0 Å². The van der Waals surface area contributed by atoms with Gasteiger partial charge in [-0.05, 0) is 17.7 Å². The summed E-state index contributed by atoms with van der Waals surface area (Å²) in [4.78, 5) is 14.2. The van der Waals surface area contributed by atoms with Gasteiger partial charge < -0.3 is 11.1 Å². The first-order valence-electron chi connectivity index (χ1n) is 5.35. The molecule has 0 unspecified atom stereocenters. The zero-order chi connectivity index (χ0) is 13.0. The number of hydrogen-bond donors (Lipinski definition) is 2. The summed E-state index contributed by atoms with van der Waals surface area (Å²) in [5, 5.41) is 13.6. The molecule has 1 aromatic carbocycles. The number of nitrogens with one attached hydrogen (secondary N) is 1. The molecule has 0 bridgehead atoms. The Labute approximate surface area is 104 Å². The minimum atomic E-state index is -0.420. The Hall–Kier alpha value is -2.63. The van der Waals surface area contributed by atoms with Crippen LogP contribution in [0, 0.1) is 10.1 Å². The lowest BCUT2D eigenvalue weighted by atomic mass is 10.2. The average molecular weight is 244 g/mol. The molecule has 18 heavy (non-hydrogen) atoms. The van der Waals surface area contributed by atoms with Crippen LogP contribution < -0.4 is 11.1 Å². The Kier molecular flexibility index (Phi) is 3.38. The van der Waals surface area contributed by atoms with Gasteiger partial charge in [-0.25, -0.2) is 4.98 Å². The fraction of sp³-hybridized carbons (Fsp3) is 0.0833. The molecule has 0 saturated heterocycles. The van der Waals surface area contributed by atoms with E-state index in [0.29, 0.717) is 18.2 Å². The van der Waals surface area contributed by atoms with E-state index in [9.17, 15) is 10.1 Å². The number of benzene rings is 1. The molecule has 0 fully saturated rings. The number of aromatic nitrogens is 1. The van der Waals surface area contributed by atoms with Crippen LogP contribution in [0.3, 0.4) is 0 Å². The molecule has 0 radical (unpaired) electrons. The van der Waals surface area contributed by atoms with Crippen molar-refractivity contribution in [2.75, 3.05) is 11.1 Å². The second kappa shape index (κ2) is 5.13. The summed E-state index contributed by atoms with van der Waals surface area (Å²) in [6, 6.07) is 11.7. The maximum Gasteiger partial charge on any atom is 0.269 e. The molecule has 0 aliphatic rings. The van der Waals surface area contributed by atoms with Crippen molar-refractivity contribution in [1.82, 2.24) is 4.98 Å². The second-order valence-electron chi connectivity index (χ2n) is 3.72. The number of nitrogen functional groups attached to an aromatic ring is 1. The Morgan fingerprint density at radius 3 is 2.56 bits per heavy atom. The molecule has 0 atom stereocenters. The van der Waals surface area contributed by atoms with Crippen molar-refractivity contribution in [1.29, 1.82) is 0 Å². The van der Waals surface area contributed by atoms with Crippen LogP contribution in [-0.4, -0.2) is 9.91 Å². The topological polar surface area (TPSA) is 94.1 Å². The van der Waals surface area contributed by atoms with E-state index in [2.05, 4.69) is 10.3 Å². The molecular formula is C12H12N4O2. The number of hydrogen-bond acceptors (Lipinski definition) is 5. The van der Waals surface area contributed by atoms with Crippen molar-refractivity contribution in [2.24, 2.45) is 0 Å². The highest BCUT2D eigenvalue weighted by Crippen LogP contribution is 2.13. The molecule has 2 aromatic rings. The predicted octanol–water partition coefficient (Wildman–Crippen LogP) is 2.18. The summed E-state index contributed by atoms with van der Waals surface area (Å²) in [7, 11) is 0. The van der Waals surface area contributed by atoms with Gasteiger partial charge in [0, 0.05) is 18.7 Å². The maximum atomic E-state index is 10.5. The number of pyridine rings is 1. The highest BCUT2D eigenvalue weighted by atomic mass is 16.6. The minimum absolute atomic E-state index is 0.0841. The molecule has 6 heteroatoms. The number of nitro groups is 1. The third-order valence-electron chi connectivity index (χ3n) is 2.39.